The molecule has 102 valence electrons. The lowest BCUT2D eigenvalue weighted by Crippen LogP contribution is -2.47. The van der Waals surface area contributed by atoms with E-state index in [1.807, 2.05) is 0 Å². The van der Waals surface area contributed by atoms with Gasteiger partial charge < -0.3 is 10.0 Å². The average Bonchev–Trinajstić information content (AvgIpc) is 2.87. The summed E-state index contributed by atoms with van der Waals surface area (Å²) < 4.78 is 12.8. The van der Waals surface area contributed by atoms with Crippen molar-refractivity contribution in [1.82, 2.24) is 4.90 Å². The van der Waals surface area contributed by atoms with Crippen molar-refractivity contribution in [1.29, 1.82) is 0 Å². The minimum Gasteiger partial charge on any atom is -0.480 e. The lowest BCUT2D eigenvalue weighted by atomic mass is 10.3. The smallest absolute Gasteiger partial charge is 0.327 e. The second-order valence-electron chi connectivity index (χ2n) is 4.14. The van der Waals surface area contributed by atoms with Crippen molar-refractivity contribution >= 4 is 29.4 Å². The molecule has 0 bridgehead atoms. The number of carboxylic acids is 1. The van der Waals surface area contributed by atoms with E-state index < -0.39 is 18.0 Å². The van der Waals surface area contributed by atoms with Crippen LogP contribution < -0.4 is 4.90 Å². The molecular weight excluding hydrogens is 271 g/mol. The lowest BCUT2D eigenvalue weighted by molar-refractivity contribution is -0.140. The third-order valence-electron chi connectivity index (χ3n) is 2.91. The number of rotatable bonds is 2. The summed E-state index contributed by atoms with van der Waals surface area (Å²) in [6, 6.07) is 4.27. The minimum atomic E-state index is -1.01. The number of anilines is 1. The highest BCUT2D eigenvalue weighted by Crippen LogP contribution is 2.24. The summed E-state index contributed by atoms with van der Waals surface area (Å²) in [5, 5.41) is 9.05. The number of benzene rings is 1. The van der Waals surface area contributed by atoms with Crippen LogP contribution in [0, 0.1) is 5.82 Å². The molecule has 2 amide bonds. The number of carbonyl (C=O) groups excluding carboxylic acids is 1. The first-order valence-electron chi connectivity index (χ1n) is 5.61. The first-order chi connectivity index (χ1) is 9.00. The molecule has 7 heteroatoms. The number of carbonyl (C=O) groups is 2. The van der Waals surface area contributed by atoms with Crippen LogP contribution in [0.5, 0.6) is 0 Å². The Morgan fingerprint density at radius 2 is 2.05 bits per heavy atom. The first-order valence-corrected chi connectivity index (χ1v) is 6.76. The van der Waals surface area contributed by atoms with Crippen molar-refractivity contribution in [2.24, 2.45) is 0 Å². The zero-order chi connectivity index (χ0) is 14.0. The molecule has 0 aliphatic carbocycles. The van der Waals surface area contributed by atoms with E-state index in [0.717, 1.165) is 0 Å². The average molecular weight is 284 g/mol. The van der Waals surface area contributed by atoms with E-state index in [1.165, 1.54) is 52.9 Å². The highest BCUT2D eigenvalue weighted by molar-refractivity contribution is 7.99. The van der Waals surface area contributed by atoms with Gasteiger partial charge in [-0.2, -0.15) is 0 Å². The van der Waals surface area contributed by atoms with Crippen molar-refractivity contribution < 1.29 is 19.1 Å². The molecule has 0 spiro atoms. The highest BCUT2D eigenvalue weighted by atomic mass is 32.2. The van der Waals surface area contributed by atoms with Gasteiger partial charge in [-0.1, -0.05) is 0 Å². The maximum absolute atomic E-state index is 12.8. The van der Waals surface area contributed by atoms with Gasteiger partial charge in [0.05, 0.1) is 5.88 Å². The standard InChI is InChI=1S/C12H13FN2O3S/c1-14(9-4-2-8(13)3-5-9)12(18)15-7-19-6-10(15)11(16)17/h2-5,10H,6-7H2,1H3,(H,16,17). The van der Waals surface area contributed by atoms with Gasteiger partial charge in [0.1, 0.15) is 11.9 Å². The summed E-state index contributed by atoms with van der Waals surface area (Å²) in [5.41, 5.74) is 0.521. The van der Waals surface area contributed by atoms with Gasteiger partial charge in [-0.05, 0) is 24.3 Å². The molecule has 1 aromatic rings. The van der Waals surface area contributed by atoms with Crippen LogP contribution in [-0.2, 0) is 4.79 Å². The number of amides is 2. The number of urea groups is 1. The number of nitrogens with zero attached hydrogens (tertiary/aromatic N) is 2. The topological polar surface area (TPSA) is 60.9 Å². The number of hydrogen-bond acceptors (Lipinski definition) is 3. The normalized spacial score (nSPS) is 18.4. The van der Waals surface area contributed by atoms with Crippen molar-refractivity contribution in [3.63, 3.8) is 0 Å². The van der Waals surface area contributed by atoms with Gasteiger partial charge in [-0.15, -0.1) is 11.8 Å². The molecule has 0 radical (unpaired) electrons. The molecule has 1 aliphatic rings. The van der Waals surface area contributed by atoms with Gasteiger partial charge in [0.25, 0.3) is 0 Å². The predicted molar refractivity (Wildman–Crippen MR) is 70.8 cm³/mol. The Morgan fingerprint density at radius 3 is 2.63 bits per heavy atom. The maximum atomic E-state index is 12.8. The number of thioether (sulfide) groups is 1. The number of aliphatic carboxylic acids is 1. The third kappa shape index (κ3) is 2.81. The summed E-state index contributed by atoms with van der Waals surface area (Å²) in [5.74, 6) is -0.657. The molecule has 19 heavy (non-hydrogen) atoms. The van der Waals surface area contributed by atoms with E-state index in [4.69, 9.17) is 5.11 Å². The van der Waals surface area contributed by atoms with Crippen LogP contribution in [0.2, 0.25) is 0 Å². The van der Waals surface area contributed by atoms with Crippen LogP contribution in [-0.4, -0.2) is 46.7 Å². The van der Waals surface area contributed by atoms with E-state index in [-0.39, 0.29) is 5.82 Å². The molecule has 5 nitrogen and oxygen atoms in total. The summed E-state index contributed by atoms with van der Waals surface area (Å²) in [7, 11) is 1.54. The monoisotopic (exact) mass is 284 g/mol. The molecule has 1 aliphatic heterocycles. The summed E-state index contributed by atoms with van der Waals surface area (Å²) >= 11 is 1.40. The molecule has 1 unspecified atom stereocenters. The van der Waals surface area contributed by atoms with Gasteiger partial charge in [-0.3, -0.25) is 4.90 Å². The Labute approximate surface area is 114 Å². The zero-order valence-electron chi connectivity index (χ0n) is 10.2. The van der Waals surface area contributed by atoms with Crippen molar-refractivity contribution in [3.8, 4) is 0 Å². The molecule has 1 fully saturated rings. The Morgan fingerprint density at radius 1 is 1.42 bits per heavy atom. The molecule has 0 saturated carbocycles. The van der Waals surface area contributed by atoms with Crippen LogP contribution in [0.15, 0.2) is 24.3 Å². The number of halogens is 1. The largest absolute Gasteiger partial charge is 0.480 e. The third-order valence-corrected chi connectivity index (χ3v) is 3.93. The van der Waals surface area contributed by atoms with Crippen molar-refractivity contribution in [3.05, 3.63) is 30.1 Å². The Bertz CT molecular complexity index is 494. The Hall–Kier alpha value is -1.76. The van der Waals surface area contributed by atoms with Crippen LogP contribution in [0.3, 0.4) is 0 Å². The molecule has 0 aromatic heterocycles. The SMILES string of the molecule is CN(C(=O)N1CSCC1C(=O)O)c1ccc(F)cc1. The fraction of sp³-hybridized carbons (Fsp3) is 0.333. The number of carboxylic acid groups (broad SMARTS) is 1. The number of hydrogen-bond donors (Lipinski definition) is 1. The predicted octanol–water partition coefficient (Wildman–Crippen LogP) is 1.84. The minimum absolute atomic E-state index is 0.349. The summed E-state index contributed by atoms with van der Waals surface area (Å²) in [6.07, 6.45) is 0. The van der Waals surface area contributed by atoms with Crippen LogP contribution in [0.1, 0.15) is 0 Å². The molecule has 1 atom stereocenters. The first kappa shape index (κ1) is 13.7. The van der Waals surface area contributed by atoms with E-state index in [0.29, 0.717) is 17.3 Å². The Kier molecular flexibility index (Phi) is 3.94. The summed E-state index contributed by atoms with van der Waals surface area (Å²) in [6.45, 7) is 0. The van der Waals surface area contributed by atoms with Crippen LogP contribution in [0.25, 0.3) is 0 Å². The molecule has 2 rings (SSSR count). The van der Waals surface area contributed by atoms with Gasteiger partial charge in [0.2, 0.25) is 0 Å². The fourth-order valence-corrected chi connectivity index (χ4v) is 2.94. The molecule has 1 N–H and O–H groups in total. The lowest BCUT2D eigenvalue weighted by Gasteiger charge is -2.26. The van der Waals surface area contributed by atoms with Gasteiger partial charge >= 0.3 is 12.0 Å². The van der Waals surface area contributed by atoms with Gasteiger partial charge in [0, 0.05) is 18.5 Å². The second-order valence-corrected chi connectivity index (χ2v) is 5.14. The molecule has 1 saturated heterocycles. The second kappa shape index (κ2) is 5.48. The van der Waals surface area contributed by atoms with Crippen LogP contribution in [0.4, 0.5) is 14.9 Å². The molecular formula is C12H13FN2O3S. The highest BCUT2D eigenvalue weighted by Gasteiger charge is 2.36. The van der Waals surface area contributed by atoms with E-state index >= 15 is 0 Å². The molecule has 1 heterocycles. The van der Waals surface area contributed by atoms with Crippen molar-refractivity contribution in [2.45, 2.75) is 6.04 Å². The van der Waals surface area contributed by atoms with Crippen molar-refractivity contribution in [2.75, 3.05) is 23.6 Å². The van der Waals surface area contributed by atoms with Gasteiger partial charge in [0.15, 0.2) is 0 Å². The van der Waals surface area contributed by atoms with E-state index in [1.54, 1.807) is 0 Å². The van der Waals surface area contributed by atoms with Gasteiger partial charge in [-0.25, -0.2) is 14.0 Å². The fourth-order valence-electron chi connectivity index (χ4n) is 1.80. The van der Waals surface area contributed by atoms with E-state index in [9.17, 15) is 14.0 Å². The summed E-state index contributed by atoms with van der Waals surface area (Å²) in [4.78, 5) is 25.9. The Balaban J connectivity index is 2.14. The van der Waals surface area contributed by atoms with Crippen LogP contribution >= 0.6 is 11.8 Å². The van der Waals surface area contributed by atoms with E-state index in [2.05, 4.69) is 0 Å². The molecule has 1 aromatic carbocycles. The quantitative estimate of drug-likeness (QED) is 0.900. The maximum Gasteiger partial charge on any atom is 0.327 e. The zero-order valence-corrected chi connectivity index (χ0v) is 11.1.